The van der Waals surface area contributed by atoms with Gasteiger partial charge < -0.3 is 9.47 Å². The molecule has 190 valence electrons. The van der Waals surface area contributed by atoms with Crippen molar-refractivity contribution in [3.05, 3.63) is 47.2 Å². The number of hydrogen-bond donors (Lipinski definition) is 1. The fraction of sp³-hybridized carbons (Fsp3) is 0.409. The third-order valence-electron chi connectivity index (χ3n) is 6.39. The van der Waals surface area contributed by atoms with Gasteiger partial charge in [-0.15, -0.1) is 0 Å². The molecule has 2 aliphatic heterocycles. The van der Waals surface area contributed by atoms with E-state index in [0.717, 1.165) is 0 Å². The zero-order valence-corrected chi connectivity index (χ0v) is 21.1. The van der Waals surface area contributed by atoms with Crippen molar-refractivity contribution in [2.24, 2.45) is 5.92 Å². The third-order valence-corrected chi connectivity index (χ3v) is 8.09. The van der Waals surface area contributed by atoms with E-state index < -0.39 is 33.6 Å². The molecule has 4 heterocycles. The summed E-state index contributed by atoms with van der Waals surface area (Å²) in [7, 11) is -4.25. The van der Waals surface area contributed by atoms with E-state index in [0.29, 0.717) is 46.8 Å². The van der Waals surface area contributed by atoms with Crippen molar-refractivity contribution < 1.29 is 27.0 Å². The Bertz CT molecular complexity index is 1450. The first kappa shape index (κ1) is 24.5. The molecule has 5 rings (SSSR count). The highest BCUT2D eigenvalue weighted by Crippen LogP contribution is 2.40. The monoisotopic (exact) mass is 534 g/mol. The van der Waals surface area contributed by atoms with Gasteiger partial charge in [-0.1, -0.05) is 0 Å². The van der Waals surface area contributed by atoms with E-state index in [1.807, 2.05) is 11.5 Å². The van der Waals surface area contributed by atoms with Crippen molar-refractivity contribution in [3.8, 4) is 10.8 Å². The van der Waals surface area contributed by atoms with Gasteiger partial charge in [-0.05, 0) is 49.6 Å². The molecule has 11 nitrogen and oxygen atoms in total. The molecule has 36 heavy (non-hydrogen) atoms. The Labute approximate surface area is 210 Å². The maximum Gasteiger partial charge on any atom is 0.265 e. The average Bonchev–Trinajstić information content (AvgIpc) is 3.49. The Morgan fingerprint density at radius 1 is 1.22 bits per heavy atom. The van der Waals surface area contributed by atoms with E-state index in [9.17, 15) is 27.0 Å². The number of aryl methyl sites for hydroxylation is 1. The molecule has 0 spiro atoms. The number of anilines is 1. The van der Waals surface area contributed by atoms with Crippen LogP contribution in [-0.2, 0) is 21.5 Å². The van der Waals surface area contributed by atoms with Crippen LogP contribution in [0.15, 0.2) is 24.3 Å². The molecule has 2 aliphatic rings. The fourth-order valence-corrected chi connectivity index (χ4v) is 6.31. The molecule has 1 saturated heterocycles. The SMILES string of the molecule is Cc1nsc(-c2nc(N3C[C@@H](CS(=O)(=O)O)CC3=O)c3n2CCN(C(=O)c2ccc(F)cc2)[C@@H]3C)n1. The quantitative estimate of drug-likeness (QED) is 0.492. The number of amides is 2. The van der Waals surface area contributed by atoms with Crippen molar-refractivity contribution in [1.29, 1.82) is 0 Å². The van der Waals surface area contributed by atoms with Crippen LogP contribution in [0.25, 0.3) is 10.8 Å². The zero-order chi connectivity index (χ0) is 25.8. The number of carbonyl (C=O) groups is 2. The van der Waals surface area contributed by atoms with Gasteiger partial charge in [0.15, 0.2) is 16.6 Å². The van der Waals surface area contributed by atoms with Crippen LogP contribution in [0, 0.1) is 18.7 Å². The fourth-order valence-electron chi connectivity index (χ4n) is 4.82. The Morgan fingerprint density at radius 3 is 2.58 bits per heavy atom. The van der Waals surface area contributed by atoms with Crippen LogP contribution in [0.2, 0.25) is 0 Å². The molecule has 1 aromatic carbocycles. The van der Waals surface area contributed by atoms with Crippen LogP contribution in [0.1, 0.15) is 41.3 Å². The molecule has 0 saturated carbocycles. The summed E-state index contributed by atoms with van der Waals surface area (Å²) < 4.78 is 51.6. The van der Waals surface area contributed by atoms with Crippen LogP contribution >= 0.6 is 11.5 Å². The first-order chi connectivity index (χ1) is 17.0. The van der Waals surface area contributed by atoms with E-state index in [1.165, 1.54) is 40.7 Å². The number of carbonyl (C=O) groups excluding carboxylic acids is 2. The minimum Gasteiger partial charge on any atom is -0.328 e. The van der Waals surface area contributed by atoms with Gasteiger partial charge in [0.1, 0.15) is 11.6 Å². The predicted molar refractivity (Wildman–Crippen MR) is 129 cm³/mol. The number of hydrogen-bond acceptors (Lipinski definition) is 8. The number of nitrogens with zero attached hydrogens (tertiary/aromatic N) is 6. The van der Waals surface area contributed by atoms with Crippen LogP contribution in [0.3, 0.4) is 0 Å². The second-order valence-corrected chi connectivity index (χ2v) is 11.2. The van der Waals surface area contributed by atoms with Gasteiger partial charge in [0.2, 0.25) is 5.91 Å². The van der Waals surface area contributed by atoms with Crippen LogP contribution in [-0.4, -0.2) is 67.4 Å². The van der Waals surface area contributed by atoms with Crippen LogP contribution in [0.5, 0.6) is 0 Å². The standard InChI is InChI=1S/C22H23FN6O5S2/c1-12-18-19(29-10-14(9-17(29)30)11-36(32,33)34)25-20(21-24-13(2)26-35-21)28(18)8-7-27(12)22(31)15-3-5-16(23)6-4-15/h3-6,12,14H,7-11H2,1-2H3,(H,32,33,34)/t12-,14+/m1/s1. The minimum atomic E-state index is -4.25. The number of halogens is 1. The minimum absolute atomic E-state index is 0.0497. The maximum atomic E-state index is 13.4. The highest BCUT2D eigenvalue weighted by atomic mass is 32.2. The van der Waals surface area contributed by atoms with Crippen molar-refractivity contribution in [2.45, 2.75) is 32.9 Å². The first-order valence-corrected chi connectivity index (χ1v) is 13.6. The Hall–Kier alpha value is -3.23. The zero-order valence-electron chi connectivity index (χ0n) is 19.5. The third kappa shape index (κ3) is 4.51. The van der Waals surface area contributed by atoms with Gasteiger partial charge in [-0.25, -0.2) is 14.4 Å². The summed E-state index contributed by atoms with van der Waals surface area (Å²) in [6.45, 7) is 4.38. The van der Waals surface area contributed by atoms with Crippen LogP contribution in [0.4, 0.5) is 10.2 Å². The summed E-state index contributed by atoms with van der Waals surface area (Å²) in [5.74, 6) is -0.752. The molecule has 3 aromatic rings. The molecule has 1 fully saturated rings. The van der Waals surface area contributed by atoms with E-state index in [2.05, 4.69) is 9.36 Å². The van der Waals surface area contributed by atoms with Crippen molar-refractivity contribution in [1.82, 2.24) is 23.8 Å². The average molecular weight is 535 g/mol. The van der Waals surface area contributed by atoms with Gasteiger partial charge in [-0.3, -0.25) is 19.0 Å². The summed E-state index contributed by atoms with van der Waals surface area (Å²) in [5, 5.41) is 0.562. The molecule has 2 atom stereocenters. The van der Waals surface area contributed by atoms with Gasteiger partial charge >= 0.3 is 0 Å². The number of fused-ring (bicyclic) bond motifs is 1. The topological polar surface area (TPSA) is 139 Å². The molecule has 2 amide bonds. The summed E-state index contributed by atoms with van der Waals surface area (Å²) >= 11 is 1.17. The van der Waals surface area contributed by atoms with Gasteiger partial charge in [0.05, 0.1) is 17.5 Å². The Balaban J connectivity index is 1.55. The van der Waals surface area contributed by atoms with Crippen molar-refractivity contribution in [2.75, 3.05) is 23.7 Å². The van der Waals surface area contributed by atoms with Crippen molar-refractivity contribution >= 4 is 39.3 Å². The molecule has 0 radical (unpaired) electrons. The lowest BCUT2D eigenvalue weighted by Crippen LogP contribution is -2.42. The normalized spacial score (nSPS) is 20.2. The van der Waals surface area contributed by atoms with E-state index in [-0.39, 0.29) is 24.8 Å². The summed E-state index contributed by atoms with van der Waals surface area (Å²) in [6.07, 6.45) is -0.0497. The number of imidazole rings is 1. The second-order valence-electron chi connectivity index (χ2n) is 8.95. The van der Waals surface area contributed by atoms with Gasteiger partial charge in [-0.2, -0.15) is 12.8 Å². The van der Waals surface area contributed by atoms with Crippen molar-refractivity contribution in [3.63, 3.8) is 0 Å². The molecule has 1 N–H and O–H groups in total. The molecule has 0 bridgehead atoms. The molecular weight excluding hydrogens is 511 g/mol. The molecule has 0 aliphatic carbocycles. The van der Waals surface area contributed by atoms with Gasteiger partial charge in [0.25, 0.3) is 16.0 Å². The highest BCUT2D eigenvalue weighted by molar-refractivity contribution is 7.85. The molecule has 2 aromatic heterocycles. The number of rotatable bonds is 5. The lowest BCUT2D eigenvalue weighted by Gasteiger charge is -2.36. The maximum absolute atomic E-state index is 13.4. The predicted octanol–water partition coefficient (Wildman–Crippen LogP) is 2.31. The number of aromatic nitrogens is 4. The lowest BCUT2D eigenvalue weighted by molar-refractivity contribution is -0.117. The second kappa shape index (κ2) is 9.01. The molecule has 14 heteroatoms. The largest absolute Gasteiger partial charge is 0.328 e. The first-order valence-electron chi connectivity index (χ1n) is 11.2. The summed E-state index contributed by atoms with van der Waals surface area (Å²) in [6, 6.07) is 4.81. The smallest absolute Gasteiger partial charge is 0.265 e. The van der Waals surface area contributed by atoms with Gasteiger partial charge in [0, 0.05) is 37.5 Å². The number of benzene rings is 1. The lowest BCUT2D eigenvalue weighted by atomic mass is 10.1. The highest BCUT2D eigenvalue weighted by Gasteiger charge is 2.41. The van der Waals surface area contributed by atoms with E-state index in [4.69, 9.17) is 4.98 Å². The Kier molecular flexibility index (Phi) is 6.12. The molecule has 0 unspecified atom stereocenters. The van der Waals surface area contributed by atoms with E-state index >= 15 is 0 Å². The summed E-state index contributed by atoms with van der Waals surface area (Å²) in [5.41, 5.74) is 0.948. The van der Waals surface area contributed by atoms with E-state index in [1.54, 1.807) is 11.8 Å². The molecular formula is C22H23FN6O5S2. The van der Waals surface area contributed by atoms with Crippen LogP contribution < -0.4 is 4.90 Å². The summed E-state index contributed by atoms with van der Waals surface area (Å²) in [4.78, 5) is 38.5. The Morgan fingerprint density at radius 2 is 1.94 bits per heavy atom.